The summed E-state index contributed by atoms with van der Waals surface area (Å²) in [6, 6.07) is 14.7. The molecule has 29 heavy (non-hydrogen) atoms. The molecule has 7 nitrogen and oxygen atoms in total. The average molecular weight is 434 g/mol. The number of rotatable bonds is 4. The number of likely N-dealkylation sites (N-methyl/N-ethyl adjacent to an activating group) is 1. The van der Waals surface area contributed by atoms with Crippen molar-refractivity contribution in [3.05, 3.63) is 42.5 Å². The monoisotopic (exact) mass is 433 g/mol. The molecule has 0 atom stereocenters. The molecular weight excluding hydrogens is 410 g/mol. The van der Waals surface area contributed by atoms with Gasteiger partial charge < -0.3 is 19.5 Å². The second kappa shape index (κ2) is 9.39. The molecule has 0 aliphatic carbocycles. The first kappa shape index (κ1) is 21.3. The Morgan fingerprint density at radius 3 is 2.48 bits per heavy atom. The Kier molecular flexibility index (Phi) is 6.89. The number of methoxy groups -OCH3 is 1. The number of nitrogens with zero attached hydrogens (tertiary/aromatic N) is 3. The second-order valence-corrected chi connectivity index (χ2v) is 7.91. The van der Waals surface area contributed by atoms with Crippen LogP contribution in [0.2, 0.25) is 0 Å². The van der Waals surface area contributed by atoms with Crippen molar-refractivity contribution in [1.82, 2.24) is 14.9 Å². The number of nitrogens with one attached hydrogen (secondary N) is 2. The number of anilines is 2. The maximum Gasteiger partial charge on any atom is 0.413 e. The van der Waals surface area contributed by atoms with Crippen LogP contribution >= 0.6 is 24.2 Å². The molecule has 3 aromatic rings. The van der Waals surface area contributed by atoms with Crippen LogP contribution in [0.15, 0.2) is 52.3 Å². The first-order valence-corrected chi connectivity index (χ1v) is 9.98. The summed E-state index contributed by atoms with van der Waals surface area (Å²) in [7, 11) is 3.49. The molecular formula is C20H24ClN5O2S. The van der Waals surface area contributed by atoms with Crippen LogP contribution in [0.1, 0.15) is 0 Å². The minimum Gasteiger partial charge on any atom is -0.453 e. The highest BCUT2D eigenvalue weighted by molar-refractivity contribution is 7.99. The predicted molar refractivity (Wildman–Crippen MR) is 120 cm³/mol. The van der Waals surface area contributed by atoms with E-state index in [1.165, 1.54) is 17.7 Å². The number of fused-ring (bicyclic) bond motifs is 1. The van der Waals surface area contributed by atoms with Gasteiger partial charge in [-0.2, -0.15) is 0 Å². The minimum atomic E-state index is -0.547. The molecule has 0 saturated carbocycles. The van der Waals surface area contributed by atoms with Crippen LogP contribution in [0.5, 0.6) is 0 Å². The van der Waals surface area contributed by atoms with Crippen LogP contribution in [-0.4, -0.2) is 61.3 Å². The largest absolute Gasteiger partial charge is 0.453 e. The number of hydrogen-bond acceptors (Lipinski definition) is 6. The Morgan fingerprint density at radius 1 is 1.10 bits per heavy atom. The number of ether oxygens (including phenoxy) is 1. The van der Waals surface area contributed by atoms with E-state index in [1.54, 1.807) is 11.8 Å². The highest BCUT2D eigenvalue weighted by Gasteiger charge is 2.14. The minimum absolute atomic E-state index is 0. The number of carbonyl (C=O) groups is 1. The lowest BCUT2D eigenvalue weighted by Crippen LogP contribution is -2.44. The highest BCUT2D eigenvalue weighted by atomic mass is 35.5. The summed E-state index contributed by atoms with van der Waals surface area (Å²) in [6.45, 7) is 4.35. The number of imidazole rings is 1. The van der Waals surface area contributed by atoms with E-state index in [4.69, 9.17) is 0 Å². The summed E-state index contributed by atoms with van der Waals surface area (Å²) in [6.07, 6.45) is -0.547. The number of piperazine rings is 1. The molecule has 0 unspecified atom stereocenters. The van der Waals surface area contributed by atoms with Crippen molar-refractivity contribution in [3.63, 3.8) is 0 Å². The van der Waals surface area contributed by atoms with Crippen molar-refractivity contribution in [2.45, 2.75) is 9.79 Å². The Balaban J connectivity index is 0.00000240. The first-order chi connectivity index (χ1) is 13.6. The van der Waals surface area contributed by atoms with Gasteiger partial charge in [0.15, 0.2) is 0 Å². The number of H-pyrrole nitrogens is 1. The van der Waals surface area contributed by atoms with E-state index in [1.807, 2.05) is 18.2 Å². The molecule has 1 aliphatic rings. The Morgan fingerprint density at radius 2 is 1.79 bits per heavy atom. The Labute approximate surface area is 180 Å². The second-order valence-electron chi connectivity index (χ2n) is 6.77. The molecule has 1 fully saturated rings. The lowest BCUT2D eigenvalue weighted by molar-refractivity contribution is 0.186. The molecule has 2 aromatic carbocycles. The number of carbonyl (C=O) groups excluding carboxylic acids is 1. The number of amides is 1. The summed E-state index contributed by atoms with van der Waals surface area (Å²) in [5.74, 6) is 0.375. The molecule has 154 valence electrons. The van der Waals surface area contributed by atoms with Crippen LogP contribution in [0, 0.1) is 0 Å². The van der Waals surface area contributed by atoms with E-state index in [0.29, 0.717) is 5.95 Å². The van der Waals surface area contributed by atoms with E-state index >= 15 is 0 Å². The lowest BCUT2D eigenvalue weighted by Gasteiger charge is -2.34. The quantitative estimate of drug-likeness (QED) is 0.646. The van der Waals surface area contributed by atoms with Crippen LogP contribution in [0.4, 0.5) is 16.4 Å². The molecule has 9 heteroatoms. The van der Waals surface area contributed by atoms with Crippen molar-refractivity contribution < 1.29 is 9.53 Å². The molecule has 4 rings (SSSR count). The van der Waals surface area contributed by atoms with Crippen molar-refractivity contribution in [1.29, 1.82) is 0 Å². The van der Waals surface area contributed by atoms with Crippen LogP contribution in [0.3, 0.4) is 0 Å². The predicted octanol–water partition coefficient (Wildman–Crippen LogP) is 4.07. The van der Waals surface area contributed by atoms with Crippen molar-refractivity contribution in [3.8, 4) is 0 Å². The van der Waals surface area contributed by atoms with Crippen LogP contribution in [0.25, 0.3) is 11.0 Å². The maximum absolute atomic E-state index is 11.3. The van der Waals surface area contributed by atoms with Gasteiger partial charge in [-0.1, -0.05) is 11.8 Å². The number of halogens is 1. The number of aromatic amines is 1. The van der Waals surface area contributed by atoms with Gasteiger partial charge in [-0.3, -0.25) is 5.32 Å². The van der Waals surface area contributed by atoms with Gasteiger partial charge in [0.25, 0.3) is 0 Å². The number of aromatic nitrogens is 2. The molecule has 1 amide bonds. The Bertz CT molecular complexity index is 971. The molecule has 0 spiro atoms. The summed E-state index contributed by atoms with van der Waals surface area (Å²) in [4.78, 5) is 25.8. The van der Waals surface area contributed by atoms with Gasteiger partial charge in [0.1, 0.15) is 0 Å². The maximum atomic E-state index is 11.3. The van der Waals surface area contributed by atoms with Crippen LogP contribution in [-0.2, 0) is 4.74 Å². The molecule has 0 radical (unpaired) electrons. The number of benzene rings is 2. The van der Waals surface area contributed by atoms with Gasteiger partial charge >= 0.3 is 6.09 Å². The van der Waals surface area contributed by atoms with Crippen molar-refractivity contribution in [2.75, 3.05) is 50.6 Å². The summed E-state index contributed by atoms with van der Waals surface area (Å²) in [5.41, 5.74) is 2.94. The smallest absolute Gasteiger partial charge is 0.413 e. The molecule has 1 aromatic heterocycles. The third-order valence-corrected chi connectivity index (χ3v) is 5.80. The SMILES string of the molecule is COC(=O)Nc1nc2ccc(Sc3ccc(N4CCN(C)CC4)cc3)cc2[nH]1.Cl. The van der Waals surface area contributed by atoms with Gasteiger partial charge in [-0.25, -0.2) is 9.78 Å². The zero-order chi connectivity index (χ0) is 19.5. The van der Waals surface area contributed by atoms with E-state index < -0.39 is 6.09 Å². The van der Waals surface area contributed by atoms with Crippen molar-refractivity contribution >= 4 is 52.9 Å². The molecule has 2 N–H and O–H groups in total. The zero-order valence-corrected chi connectivity index (χ0v) is 18.0. The fourth-order valence-corrected chi connectivity index (χ4v) is 4.04. The fourth-order valence-electron chi connectivity index (χ4n) is 3.18. The zero-order valence-electron chi connectivity index (χ0n) is 16.3. The normalized spacial score (nSPS) is 14.5. The molecule has 0 bridgehead atoms. The van der Waals surface area contributed by atoms with Crippen molar-refractivity contribution in [2.24, 2.45) is 0 Å². The Hall–Kier alpha value is -2.42. The molecule has 2 heterocycles. The van der Waals surface area contributed by atoms with Crippen LogP contribution < -0.4 is 10.2 Å². The summed E-state index contributed by atoms with van der Waals surface area (Å²) >= 11 is 1.70. The summed E-state index contributed by atoms with van der Waals surface area (Å²) in [5, 5.41) is 2.55. The third kappa shape index (κ3) is 5.14. The topological polar surface area (TPSA) is 73.5 Å². The van der Waals surface area contributed by atoms with E-state index in [0.717, 1.165) is 42.1 Å². The average Bonchev–Trinajstić information content (AvgIpc) is 3.10. The van der Waals surface area contributed by atoms with E-state index in [2.05, 4.69) is 61.1 Å². The van der Waals surface area contributed by atoms with Gasteiger partial charge in [0.2, 0.25) is 5.95 Å². The van der Waals surface area contributed by atoms with Gasteiger partial charge in [0.05, 0.1) is 18.1 Å². The van der Waals surface area contributed by atoms with E-state index in [-0.39, 0.29) is 12.4 Å². The fraction of sp³-hybridized carbons (Fsp3) is 0.300. The standard InChI is InChI=1S/C20H23N5O2S.ClH/c1-24-9-11-25(12-10-24)14-3-5-15(6-4-14)28-16-7-8-17-18(13-16)22-19(21-17)23-20(26)27-2;/h3-8,13H,9-12H2,1-2H3,(H2,21,22,23,26);1H. The lowest BCUT2D eigenvalue weighted by atomic mass is 10.2. The van der Waals surface area contributed by atoms with Gasteiger partial charge in [-0.15, -0.1) is 12.4 Å². The molecule has 1 saturated heterocycles. The molecule has 1 aliphatic heterocycles. The third-order valence-electron chi connectivity index (χ3n) is 4.80. The number of hydrogen-bond donors (Lipinski definition) is 2. The van der Waals surface area contributed by atoms with Gasteiger partial charge in [0, 0.05) is 41.7 Å². The van der Waals surface area contributed by atoms with Gasteiger partial charge in [-0.05, 0) is 49.5 Å². The first-order valence-electron chi connectivity index (χ1n) is 9.17. The van der Waals surface area contributed by atoms with E-state index in [9.17, 15) is 4.79 Å². The highest BCUT2D eigenvalue weighted by Crippen LogP contribution is 2.31. The summed E-state index contributed by atoms with van der Waals surface area (Å²) < 4.78 is 4.59.